The normalized spacial score (nSPS) is 8.00. The summed E-state index contributed by atoms with van der Waals surface area (Å²) in [5.74, 6) is -1.15. The van der Waals surface area contributed by atoms with E-state index in [4.69, 9.17) is 10.5 Å². The number of hydrogen-bond acceptors (Lipinski definition) is 2. The van der Waals surface area contributed by atoms with Gasteiger partial charge in [0.1, 0.15) is 0 Å². The van der Waals surface area contributed by atoms with Gasteiger partial charge < -0.3 is 0 Å². The molecule has 0 atom stereocenters. The summed E-state index contributed by atoms with van der Waals surface area (Å²) in [6.45, 7) is 0. The zero-order valence-corrected chi connectivity index (χ0v) is 9.99. The van der Waals surface area contributed by atoms with E-state index in [0.717, 1.165) is 39.0 Å². The number of aliphatic hydroxyl groups is 1. The van der Waals surface area contributed by atoms with Gasteiger partial charge in [-0.3, -0.25) is 0 Å². The van der Waals surface area contributed by atoms with Crippen LogP contribution < -0.4 is 0 Å². The van der Waals surface area contributed by atoms with Crippen LogP contribution in [-0.4, -0.2) is 20.8 Å². The second-order valence-electron chi connectivity index (χ2n) is 1.07. The average molecular weight is 466 g/mol. The van der Waals surface area contributed by atoms with Gasteiger partial charge in [-0.2, -0.15) is 0 Å². The second-order valence-corrected chi connectivity index (χ2v) is 3.20. The summed E-state index contributed by atoms with van der Waals surface area (Å²) in [5.41, 5.74) is 0. The van der Waals surface area contributed by atoms with Crippen molar-refractivity contribution in [2.24, 2.45) is 3.50 Å². The van der Waals surface area contributed by atoms with Gasteiger partial charge in [-0.1, -0.05) is 0 Å². The molecule has 4 nitrogen and oxygen atoms in total. The molecule has 0 heterocycles. The number of aliphatic hydroxyl groups excluding tert-OH is 1. The average Bonchev–Trinajstić information content (AvgIpc) is 1.84. The molecule has 0 aromatic rings. The Labute approximate surface area is 73.3 Å². The summed E-state index contributed by atoms with van der Waals surface area (Å²) >= 11 is 1.56. The molecule has 0 aliphatic heterocycles. The van der Waals surface area contributed by atoms with E-state index in [0.29, 0.717) is 0 Å². The van der Waals surface area contributed by atoms with Crippen molar-refractivity contribution < 1.29 is 48.9 Å². The van der Waals surface area contributed by atoms with Crippen LogP contribution in [0, 0.1) is 5.41 Å². The molecule has 48 valence electrons. The van der Waals surface area contributed by atoms with Crippen molar-refractivity contribution in [2.75, 3.05) is 0 Å². The maximum atomic E-state index is 10.5. The van der Waals surface area contributed by atoms with E-state index in [1.807, 2.05) is 0 Å². The van der Waals surface area contributed by atoms with Gasteiger partial charge in [-0.15, -0.1) is 0 Å². The quantitative estimate of drug-likeness (QED) is 0.426. The predicted octanol–water partition coefficient (Wildman–Crippen LogP) is -0.502. The van der Waals surface area contributed by atoms with E-state index in [9.17, 15) is 4.79 Å². The van der Waals surface area contributed by atoms with Crippen LogP contribution in [-0.2, 0) is 43.8 Å². The molecule has 2 N–H and O–H groups in total. The minimum absolute atomic E-state index is 0.0741. The molecule has 0 bridgehead atoms. The molecule has 1 amide bonds. The third-order valence-corrected chi connectivity index (χ3v) is 2.41. The standard InChI is InChI=1S/C3H2N2O2.2W/c4-2(6)1-3(5)7;;/h(H2,4,6);;. The van der Waals surface area contributed by atoms with Gasteiger partial charge in [0.15, 0.2) is 0 Å². The third-order valence-electron chi connectivity index (χ3n) is 0.492. The van der Waals surface area contributed by atoms with E-state index in [2.05, 4.69) is 3.50 Å². The zero-order chi connectivity index (χ0) is 7.44. The van der Waals surface area contributed by atoms with Gasteiger partial charge in [0.25, 0.3) is 0 Å². The molecule has 0 saturated heterocycles. The number of rotatable bonds is 2. The molecule has 0 aliphatic rings. The topological polar surface area (TPSA) is 73.5 Å². The fraction of sp³-hybridized carbons (Fsp3) is 0. The van der Waals surface area contributed by atoms with Crippen molar-refractivity contribution >= 4 is 15.7 Å². The van der Waals surface area contributed by atoms with Gasteiger partial charge in [0, 0.05) is 0 Å². The molecule has 0 rings (SSSR count). The summed E-state index contributed by atoms with van der Waals surface area (Å²) in [4.78, 5) is 10.5. The second kappa shape index (κ2) is 4.07. The first-order valence-corrected chi connectivity index (χ1v) is 4.57. The minimum atomic E-state index is -0.667. The monoisotopic (exact) mass is 466 g/mol. The van der Waals surface area contributed by atoms with Gasteiger partial charge >= 0.3 is 73.5 Å². The summed E-state index contributed by atoms with van der Waals surface area (Å²) in [6, 6.07) is 0. The van der Waals surface area contributed by atoms with Crippen molar-refractivity contribution in [3.63, 3.8) is 0 Å². The van der Waals surface area contributed by atoms with Gasteiger partial charge in [-0.05, 0) is 0 Å². The van der Waals surface area contributed by atoms with Crippen LogP contribution in [0.3, 0.4) is 0 Å². The van der Waals surface area contributed by atoms with Crippen LogP contribution in [0.2, 0.25) is 0 Å². The first-order valence-electron chi connectivity index (χ1n) is 1.79. The molecule has 0 fully saturated rings. The Morgan fingerprint density at radius 1 is 1.67 bits per heavy atom. The number of nitrogens with zero attached hydrogens (tertiary/aromatic N) is 1. The van der Waals surface area contributed by atoms with E-state index in [-0.39, 0.29) is 3.90 Å². The number of carbonyl (C=O) groups excluding carboxylic acids is 1. The third kappa shape index (κ3) is 3.02. The molecule has 6 heteroatoms. The fourth-order valence-electron chi connectivity index (χ4n) is 0.143. The molecule has 0 radical (unpaired) electrons. The van der Waals surface area contributed by atoms with E-state index in [1.165, 1.54) is 0 Å². The summed E-state index contributed by atoms with van der Waals surface area (Å²) in [7, 11) is 0. The van der Waals surface area contributed by atoms with E-state index in [1.54, 1.807) is 0 Å². The Morgan fingerprint density at radius 3 is 2.22 bits per heavy atom. The summed E-state index contributed by atoms with van der Waals surface area (Å²) in [6.07, 6.45) is 0. The molecular weight excluding hydrogens is 464 g/mol. The summed E-state index contributed by atoms with van der Waals surface area (Å²) < 4.78 is 3.41. The van der Waals surface area contributed by atoms with Gasteiger partial charge in [-0.25, -0.2) is 0 Å². The van der Waals surface area contributed by atoms with Crippen molar-refractivity contribution in [3.05, 3.63) is 0 Å². The van der Waals surface area contributed by atoms with Crippen LogP contribution in [0.25, 0.3) is 0 Å². The predicted molar refractivity (Wildman–Crippen MR) is 22.8 cm³/mol. The zero-order valence-electron chi connectivity index (χ0n) is 4.12. The molecule has 0 spiro atoms. The molecule has 0 saturated carbocycles. The van der Waals surface area contributed by atoms with E-state index < -0.39 is 11.8 Å². The molecule has 9 heavy (non-hydrogen) atoms. The first-order chi connectivity index (χ1) is 4.09. The van der Waals surface area contributed by atoms with Crippen LogP contribution in [0.4, 0.5) is 0 Å². The maximum absolute atomic E-state index is 10.5. The Balaban J connectivity index is 4.22. The van der Waals surface area contributed by atoms with Gasteiger partial charge in [0.05, 0.1) is 0 Å². The van der Waals surface area contributed by atoms with Crippen LogP contribution >= 0.6 is 0 Å². The van der Waals surface area contributed by atoms with Crippen molar-refractivity contribution in [1.82, 2.24) is 0 Å². The SMILES string of the molecule is N=C(O)[C](=[W])C(=O)[N]=[W]. The molecule has 0 unspecified atom stereocenters. The Hall–Kier alpha value is 0.187. The summed E-state index contributed by atoms with van der Waals surface area (Å²) in [5, 5.41) is 15.0. The van der Waals surface area contributed by atoms with Crippen LogP contribution in [0.5, 0.6) is 0 Å². The number of amides is 1. The Kier molecular flexibility index (Phi) is 4.16. The van der Waals surface area contributed by atoms with Crippen molar-refractivity contribution in [3.8, 4) is 0 Å². The van der Waals surface area contributed by atoms with Crippen molar-refractivity contribution in [2.45, 2.75) is 0 Å². The van der Waals surface area contributed by atoms with E-state index >= 15 is 0 Å². The molecule has 0 aromatic heterocycles. The van der Waals surface area contributed by atoms with Gasteiger partial charge in [0.2, 0.25) is 0 Å². The number of nitrogens with one attached hydrogen (secondary N) is 1. The van der Waals surface area contributed by atoms with Crippen molar-refractivity contribution in [1.29, 1.82) is 5.41 Å². The first kappa shape index (κ1) is 9.19. The fourth-order valence-corrected chi connectivity index (χ4v) is 1.54. The molecule has 0 aromatic carbocycles. The van der Waals surface area contributed by atoms with Crippen LogP contribution in [0.15, 0.2) is 3.50 Å². The Bertz CT molecular complexity index is 188. The molecular formula is C3H2N2O2W2. The molecule has 0 aliphatic carbocycles. The van der Waals surface area contributed by atoms with Crippen LogP contribution in [0.1, 0.15) is 0 Å². The number of hydrogen-bond donors (Lipinski definition) is 2. The Morgan fingerprint density at radius 2 is 2.11 bits per heavy atom. The number of carbonyl (C=O) groups is 1.